The third-order valence-electron chi connectivity index (χ3n) is 3.85. The number of anilines is 1. The number of nitrogens with one attached hydrogen (secondary N) is 1. The van der Waals surface area contributed by atoms with Crippen LogP contribution in [0.15, 0.2) is 0 Å². The van der Waals surface area contributed by atoms with E-state index in [0.717, 1.165) is 46.9 Å². The fraction of sp³-hybridized carbons (Fsp3) is 0.750. The molecule has 1 aromatic heterocycles. The molecule has 2 rings (SSSR count). The highest BCUT2D eigenvalue weighted by molar-refractivity contribution is 14.1. The molecular formula is C16H26IN3O. The van der Waals surface area contributed by atoms with Gasteiger partial charge in [0, 0.05) is 18.6 Å². The molecule has 1 atom stereocenters. The summed E-state index contributed by atoms with van der Waals surface area (Å²) >= 11 is 2.35. The van der Waals surface area contributed by atoms with Gasteiger partial charge in [-0.25, -0.2) is 9.97 Å². The van der Waals surface area contributed by atoms with Gasteiger partial charge in [0.15, 0.2) is 5.82 Å². The standard InChI is InChI=1S/C16H26IN3O/c1-6-18-13-11(17)12(15(2,3)4)19-14(20-13)16(5)9-7-8-10-21-16/h6-10H2,1-5H3,(H,18,19,20). The summed E-state index contributed by atoms with van der Waals surface area (Å²) in [5.41, 5.74) is 0.732. The summed E-state index contributed by atoms with van der Waals surface area (Å²) in [6.07, 6.45) is 3.29. The molecule has 118 valence electrons. The molecule has 0 spiro atoms. The Kier molecular flexibility index (Phi) is 5.13. The van der Waals surface area contributed by atoms with Gasteiger partial charge in [0.05, 0.1) is 9.26 Å². The lowest BCUT2D eigenvalue weighted by atomic mass is 9.90. The second-order valence-corrected chi connectivity index (χ2v) is 7.95. The SMILES string of the molecule is CCNc1nc(C2(C)CCCCO2)nc(C(C)(C)C)c1I. The third-order valence-corrected chi connectivity index (χ3v) is 4.87. The molecule has 1 N–H and O–H groups in total. The largest absolute Gasteiger partial charge is 0.369 e. The zero-order valence-corrected chi connectivity index (χ0v) is 15.9. The molecule has 5 heteroatoms. The highest BCUT2D eigenvalue weighted by Crippen LogP contribution is 2.36. The van der Waals surface area contributed by atoms with Crippen LogP contribution in [0.2, 0.25) is 0 Å². The number of hydrogen-bond donors (Lipinski definition) is 1. The Balaban J connectivity index is 2.53. The van der Waals surface area contributed by atoms with Gasteiger partial charge < -0.3 is 10.1 Å². The van der Waals surface area contributed by atoms with Crippen LogP contribution in [0.4, 0.5) is 5.82 Å². The monoisotopic (exact) mass is 403 g/mol. The Labute approximate surface area is 141 Å². The van der Waals surface area contributed by atoms with Crippen LogP contribution in [0, 0.1) is 3.57 Å². The molecule has 0 amide bonds. The first kappa shape index (κ1) is 16.9. The van der Waals surface area contributed by atoms with Crippen molar-refractivity contribution in [1.29, 1.82) is 0 Å². The molecule has 0 aliphatic carbocycles. The van der Waals surface area contributed by atoms with Gasteiger partial charge in [0.25, 0.3) is 0 Å². The van der Waals surface area contributed by atoms with Crippen LogP contribution in [-0.2, 0) is 15.8 Å². The minimum absolute atomic E-state index is 0.0105. The van der Waals surface area contributed by atoms with Crippen molar-refractivity contribution in [2.24, 2.45) is 0 Å². The van der Waals surface area contributed by atoms with Crippen LogP contribution in [-0.4, -0.2) is 23.1 Å². The van der Waals surface area contributed by atoms with Crippen LogP contribution in [0.1, 0.15) is 65.4 Å². The first-order valence-electron chi connectivity index (χ1n) is 7.74. The first-order chi connectivity index (χ1) is 9.78. The van der Waals surface area contributed by atoms with Crippen LogP contribution in [0.25, 0.3) is 0 Å². The van der Waals surface area contributed by atoms with Gasteiger partial charge in [0.2, 0.25) is 0 Å². The van der Waals surface area contributed by atoms with Gasteiger partial charge >= 0.3 is 0 Å². The Morgan fingerprint density at radius 2 is 2.00 bits per heavy atom. The smallest absolute Gasteiger partial charge is 0.162 e. The quantitative estimate of drug-likeness (QED) is 0.768. The van der Waals surface area contributed by atoms with E-state index < -0.39 is 0 Å². The van der Waals surface area contributed by atoms with E-state index in [-0.39, 0.29) is 11.0 Å². The lowest BCUT2D eigenvalue weighted by molar-refractivity contribution is -0.0761. The normalized spacial score (nSPS) is 23.1. The van der Waals surface area contributed by atoms with Gasteiger partial charge in [0.1, 0.15) is 11.4 Å². The molecule has 0 saturated carbocycles. The van der Waals surface area contributed by atoms with Crippen molar-refractivity contribution in [3.8, 4) is 0 Å². The van der Waals surface area contributed by atoms with E-state index in [1.54, 1.807) is 0 Å². The summed E-state index contributed by atoms with van der Waals surface area (Å²) in [4.78, 5) is 9.68. The van der Waals surface area contributed by atoms with Crippen molar-refractivity contribution in [3.63, 3.8) is 0 Å². The summed E-state index contributed by atoms with van der Waals surface area (Å²) in [5.74, 6) is 1.76. The molecule has 2 heterocycles. The molecule has 1 unspecified atom stereocenters. The molecule has 1 saturated heterocycles. The number of hydrogen-bond acceptors (Lipinski definition) is 4. The average Bonchev–Trinajstić information content (AvgIpc) is 2.40. The maximum atomic E-state index is 6.04. The van der Waals surface area contributed by atoms with Crippen molar-refractivity contribution in [2.75, 3.05) is 18.5 Å². The minimum atomic E-state index is -0.354. The molecule has 0 radical (unpaired) electrons. The lowest BCUT2D eigenvalue weighted by Crippen LogP contribution is -2.34. The van der Waals surface area contributed by atoms with Gasteiger partial charge in [-0.15, -0.1) is 0 Å². The van der Waals surface area contributed by atoms with Gasteiger partial charge in [-0.05, 0) is 55.7 Å². The Hall–Kier alpha value is -0.430. The van der Waals surface area contributed by atoms with E-state index in [9.17, 15) is 0 Å². The maximum absolute atomic E-state index is 6.04. The number of rotatable bonds is 3. The second kappa shape index (κ2) is 6.36. The summed E-state index contributed by atoms with van der Waals surface area (Å²) < 4.78 is 7.15. The zero-order chi connectivity index (χ0) is 15.7. The lowest BCUT2D eigenvalue weighted by Gasteiger charge is -2.34. The third kappa shape index (κ3) is 3.67. The summed E-state index contributed by atoms with van der Waals surface area (Å²) in [5, 5.41) is 3.37. The summed E-state index contributed by atoms with van der Waals surface area (Å²) in [7, 11) is 0. The topological polar surface area (TPSA) is 47.0 Å². The van der Waals surface area contributed by atoms with Gasteiger partial charge in [-0.1, -0.05) is 20.8 Å². The summed E-state index contributed by atoms with van der Waals surface area (Å²) in [6.45, 7) is 12.5. The number of nitrogens with zero attached hydrogens (tertiary/aromatic N) is 2. The molecule has 0 bridgehead atoms. The Morgan fingerprint density at radius 3 is 2.52 bits per heavy atom. The van der Waals surface area contributed by atoms with Crippen molar-refractivity contribution in [2.45, 2.75) is 64.9 Å². The molecule has 1 fully saturated rings. The number of aromatic nitrogens is 2. The predicted octanol–water partition coefficient (Wildman–Crippen LogP) is 4.23. The van der Waals surface area contributed by atoms with E-state index >= 15 is 0 Å². The van der Waals surface area contributed by atoms with E-state index in [2.05, 4.69) is 62.5 Å². The summed E-state index contributed by atoms with van der Waals surface area (Å²) in [6, 6.07) is 0. The maximum Gasteiger partial charge on any atom is 0.162 e. The predicted molar refractivity (Wildman–Crippen MR) is 94.8 cm³/mol. The average molecular weight is 403 g/mol. The van der Waals surface area contributed by atoms with E-state index in [0.29, 0.717) is 0 Å². The first-order valence-corrected chi connectivity index (χ1v) is 8.82. The van der Waals surface area contributed by atoms with Crippen molar-refractivity contribution >= 4 is 28.4 Å². The molecule has 21 heavy (non-hydrogen) atoms. The van der Waals surface area contributed by atoms with Crippen LogP contribution in [0.3, 0.4) is 0 Å². The fourth-order valence-corrected chi connectivity index (χ4v) is 3.82. The number of ether oxygens (including phenoxy) is 1. The second-order valence-electron chi connectivity index (χ2n) is 6.88. The number of halogens is 1. The van der Waals surface area contributed by atoms with Gasteiger partial charge in [-0.3, -0.25) is 0 Å². The molecule has 1 aliphatic heterocycles. The minimum Gasteiger partial charge on any atom is -0.369 e. The molecular weight excluding hydrogens is 377 g/mol. The highest BCUT2D eigenvalue weighted by atomic mass is 127. The Morgan fingerprint density at radius 1 is 1.29 bits per heavy atom. The van der Waals surface area contributed by atoms with E-state index in [4.69, 9.17) is 14.7 Å². The molecule has 0 aromatic carbocycles. The molecule has 1 aliphatic rings. The van der Waals surface area contributed by atoms with Crippen molar-refractivity contribution < 1.29 is 4.74 Å². The van der Waals surface area contributed by atoms with Crippen molar-refractivity contribution in [3.05, 3.63) is 15.1 Å². The molecule has 1 aromatic rings. The highest BCUT2D eigenvalue weighted by Gasteiger charge is 2.35. The van der Waals surface area contributed by atoms with E-state index in [1.807, 2.05) is 0 Å². The van der Waals surface area contributed by atoms with Crippen molar-refractivity contribution in [1.82, 2.24) is 9.97 Å². The van der Waals surface area contributed by atoms with E-state index in [1.165, 1.54) is 6.42 Å². The fourth-order valence-electron chi connectivity index (χ4n) is 2.58. The van der Waals surface area contributed by atoms with Crippen LogP contribution >= 0.6 is 22.6 Å². The van der Waals surface area contributed by atoms with Crippen LogP contribution in [0.5, 0.6) is 0 Å². The zero-order valence-electron chi connectivity index (χ0n) is 13.7. The van der Waals surface area contributed by atoms with Gasteiger partial charge in [-0.2, -0.15) is 0 Å². The molecule has 4 nitrogen and oxygen atoms in total. The Bertz CT molecular complexity index is 505. The van der Waals surface area contributed by atoms with Crippen LogP contribution < -0.4 is 5.32 Å².